The van der Waals surface area contributed by atoms with E-state index in [0.717, 1.165) is 82.5 Å². The molecule has 4 aromatic rings. The van der Waals surface area contributed by atoms with Crippen LogP contribution in [0.2, 0.25) is 0 Å². The zero-order valence-corrected chi connectivity index (χ0v) is 39.4. The van der Waals surface area contributed by atoms with Gasteiger partial charge in [0.05, 0.1) is 15.3 Å². The van der Waals surface area contributed by atoms with Crippen molar-refractivity contribution in [2.75, 3.05) is 25.0 Å². The van der Waals surface area contributed by atoms with Gasteiger partial charge in [0, 0.05) is 104 Å². The molecule has 0 fully saturated rings. The first kappa shape index (κ1) is 51.0. The molecule has 3 N–H and O–H groups in total. The molecule has 1 atom stereocenters. The van der Waals surface area contributed by atoms with E-state index in [0.29, 0.717) is 5.75 Å². The summed E-state index contributed by atoms with van der Waals surface area (Å²) in [4.78, 5) is 51.2. The first-order valence-electron chi connectivity index (χ1n) is 19.2. The second kappa shape index (κ2) is 22.8. The van der Waals surface area contributed by atoms with Crippen LogP contribution in [0.1, 0.15) is 45.2 Å². The number of ketones is 2. The van der Waals surface area contributed by atoms with Gasteiger partial charge in [0.2, 0.25) is 5.69 Å². The van der Waals surface area contributed by atoms with Crippen molar-refractivity contribution in [1.29, 1.82) is 0 Å². The molecule has 341 valence electrons. The molecule has 3 aliphatic rings. The molecule has 7 rings (SSSR count). The summed E-state index contributed by atoms with van der Waals surface area (Å²) in [6.07, 6.45) is 14.4. The second-order valence-corrected chi connectivity index (χ2v) is 16.6. The Morgan fingerprint density at radius 3 is 1.75 bits per heavy atom. The fraction of sp³-hybridized carbons (Fsp3) is 0.214. The minimum absolute atomic E-state index is 0. The predicted octanol–water partition coefficient (Wildman–Crippen LogP) is 7.01. The Balaban J connectivity index is 0.000000220. The number of phenols is 1. The van der Waals surface area contributed by atoms with Crippen LogP contribution in [0.15, 0.2) is 128 Å². The number of carbonyl (C=O) groups is 2. The Kier molecular flexibility index (Phi) is 17.9. The van der Waals surface area contributed by atoms with Gasteiger partial charge in [0.15, 0.2) is 17.3 Å². The number of thiazole rings is 2. The summed E-state index contributed by atoms with van der Waals surface area (Å²) in [7, 11) is 2.12. The van der Waals surface area contributed by atoms with Crippen LogP contribution in [0.25, 0.3) is 6.08 Å². The summed E-state index contributed by atoms with van der Waals surface area (Å²) in [5, 5.41) is 64.4. The number of hydrogen-bond donors (Lipinski definition) is 3. The van der Waals surface area contributed by atoms with E-state index in [4.69, 9.17) is 0 Å². The molecule has 23 heteroatoms. The van der Waals surface area contributed by atoms with Crippen molar-refractivity contribution in [3.05, 3.63) is 148 Å². The minimum atomic E-state index is -0.583. The average Bonchev–Trinajstić information content (AvgIpc) is 3.99. The molecule has 2 aliphatic carbocycles. The van der Waals surface area contributed by atoms with Crippen LogP contribution in [0.5, 0.6) is 5.75 Å². The number of hydrogen-bond acceptors (Lipinski definition) is 16. The van der Waals surface area contributed by atoms with Crippen molar-refractivity contribution >= 4 is 94.8 Å². The van der Waals surface area contributed by atoms with E-state index in [1.807, 2.05) is 18.2 Å². The van der Waals surface area contributed by atoms with Crippen LogP contribution < -0.4 is 24.5 Å². The first-order chi connectivity index (χ1) is 30.5. The fourth-order valence-electron chi connectivity index (χ4n) is 6.32. The molecule has 2 aromatic heterocycles. The van der Waals surface area contributed by atoms with Crippen molar-refractivity contribution in [1.82, 2.24) is 9.97 Å². The van der Waals surface area contributed by atoms with Crippen molar-refractivity contribution in [3.8, 4) is 5.75 Å². The normalized spacial score (nSPS) is 18.2. The van der Waals surface area contributed by atoms with Gasteiger partial charge in [-0.05, 0) is 81.8 Å². The number of allylic oxidation sites excluding steroid dienone is 7. The minimum Gasteiger partial charge on any atom is -0.507 e. The molecule has 0 bridgehead atoms. The Bertz CT molecular complexity index is 2780. The number of carbonyl (C=O) groups excluding carboxylic acids is 2. The summed E-state index contributed by atoms with van der Waals surface area (Å²) in [5.41, 5.74) is 5.85. The van der Waals surface area contributed by atoms with Crippen LogP contribution in [0, 0.1) is 20.2 Å². The molecule has 65 heavy (non-hydrogen) atoms. The van der Waals surface area contributed by atoms with E-state index >= 15 is 0 Å². The van der Waals surface area contributed by atoms with Crippen LogP contribution >= 0.6 is 38.6 Å². The quantitative estimate of drug-likeness (QED) is 0.0627. The molecule has 0 saturated carbocycles. The number of halogens is 1. The number of phenolic OH excluding ortho intramolecular Hbond substituents is 1. The first-order valence-corrected chi connectivity index (χ1v) is 21.6. The third kappa shape index (κ3) is 12.8. The average molecular weight is 1030 g/mol. The van der Waals surface area contributed by atoms with Gasteiger partial charge in [-0.2, -0.15) is 4.58 Å². The van der Waals surface area contributed by atoms with E-state index in [-0.39, 0.29) is 76.3 Å². The number of rotatable bonds is 10. The summed E-state index contributed by atoms with van der Waals surface area (Å²) >= 11 is 5.13. The molecular formula is C42H40BrCoN10O9S2-. The SMILES string of the molecule is CCN(CC)c1ccc(/C=C/C2=[N+](C)c3ccc(Br)cc3C2(C)CC)c(O)c1.O=C1C=CC(=NN=c2[n-]cc([N+](=O)[O-])s2)C(O)=C1.O=C1C=CC(=NN=c2[n-]cc([N+](=O)[O-])s2)C(O)=C1.[Co]. The van der Waals surface area contributed by atoms with Crippen molar-refractivity contribution in [2.45, 2.75) is 39.5 Å². The van der Waals surface area contributed by atoms with Crippen molar-refractivity contribution in [2.24, 2.45) is 20.4 Å². The maximum atomic E-state index is 10.9. The van der Waals surface area contributed by atoms with Gasteiger partial charge >= 0.3 is 10.0 Å². The van der Waals surface area contributed by atoms with Gasteiger partial charge in [0.25, 0.3) is 0 Å². The van der Waals surface area contributed by atoms with Crippen LogP contribution in [-0.4, -0.2) is 78.6 Å². The van der Waals surface area contributed by atoms with Gasteiger partial charge < -0.3 is 40.4 Å². The number of nitro groups is 2. The molecule has 0 saturated heterocycles. The standard InChI is InChI=1S/C24H29BrN2O.2C9H6N4O4S.Co/c1-6-24(4)20-15-18(25)11-13-21(20)26(5)23(24)14-10-17-9-12-19(16-22(17)28)27(7-2)8-3;2*14-5-1-2-6(7(15)3-5)11-12-9-10-4-8(18-9)13(16)17;/h9-16H,6-8H2,1-5H3;2*1-4H,(H2,10,12,14,15);/p-1. The number of aromatic nitrogens is 2. The van der Waals surface area contributed by atoms with Crippen LogP contribution in [0.3, 0.4) is 0 Å². The molecule has 1 aliphatic heterocycles. The van der Waals surface area contributed by atoms with E-state index < -0.39 is 9.85 Å². The number of aliphatic hydroxyl groups is 2. The smallest absolute Gasteiger partial charge is 0.319 e. The van der Waals surface area contributed by atoms with E-state index in [1.54, 1.807) is 0 Å². The predicted molar refractivity (Wildman–Crippen MR) is 248 cm³/mol. The summed E-state index contributed by atoms with van der Waals surface area (Å²) < 4.78 is 3.37. The monoisotopic (exact) mass is 1030 g/mol. The number of fused-ring (bicyclic) bond motifs is 1. The molecule has 19 nitrogen and oxygen atoms in total. The van der Waals surface area contributed by atoms with Gasteiger partial charge in [-0.3, -0.25) is 40.0 Å². The Labute approximate surface area is 397 Å². The summed E-state index contributed by atoms with van der Waals surface area (Å²) in [5.74, 6) is -0.998. The molecule has 2 aromatic carbocycles. The molecule has 1 unspecified atom stereocenters. The van der Waals surface area contributed by atoms with Gasteiger partial charge in [-0.1, -0.05) is 45.5 Å². The number of aliphatic hydroxyl groups excluding tert-OH is 2. The fourth-order valence-corrected chi connectivity index (χ4v) is 7.79. The maximum Gasteiger partial charge on any atom is 0.319 e. The van der Waals surface area contributed by atoms with E-state index in [9.17, 15) is 45.1 Å². The van der Waals surface area contributed by atoms with Gasteiger partial charge in [-0.25, -0.2) is 0 Å². The van der Waals surface area contributed by atoms with Crippen molar-refractivity contribution in [3.63, 3.8) is 0 Å². The van der Waals surface area contributed by atoms with Gasteiger partial charge in [0.1, 0.15) is 35.7 Å². The molecule has 0 amide bonds. The number of aromatic hydroxyl groups is 1. The molecular weight excluding hydrogens is 991 g/mol. The zero-order valence-electron chi connectivity index (χ0n) is 35.1. The molecule has 0 spiro atoms. The van der Waals surface area contributed by atoms with Crippen molar-refractivity contribution < 1.29 is 56.1 Å². The third-order valence-corrected chi connectivity index (χ3v) is 12.0. The Morgan fingerprint density at radius 2 is 1.32 bits per heavy atom. The van der Waals surface area contributed by atoms with E-state index in [2.05, 4.69) is 121 Å². The van der Waals surface area contributed by atoms with E-state index in [1.165, 1.54) is 41.3 Å². The van der Waals surface area contributed by atoms with Crippen LogP contribution in [0.4, 0.5) is 21.4 Å². The number of nitrogens with zero attached hydrogens (tertiary/aromatic N) is 10. The van der Waals surface area contributed by atoms with Crippen LogP contribution in [-0.2, 0) is 31.8 Å². The molecule has 1 radical (unpaired) electrons. The number of anilines is 1. The molecule has 3 heterocycles. The zero-order chi connectivity index (χ0) is 46.7. The summed E-state index contributed by atoms with van der Waals surface area (Å²) in [6, 6.07) is 12.4. The topological polar surface area (TPSA) is 265 Å². The summed E-state index contributed by atoms with van der Waals surface area (Å²) in [6.45, 7) is 10.6. The maximum absolute atomic E-state index is 10.9. The second-order valence-electron chi connectivity index (χ2n) is 13.7. The third-order valence-electron chi connectivity index (χ3n) is 9.81. The van der Waals surface area contributed by atoms with Gasteiger partial charge in [-0.15, -0.1) is 0 Å². The Morgan fingerprint density at radius 1 is 0.800 bits per heavy atom. The number of benzene rings is 2. The largest absolute Gasteiger partial charge is 0.507 e. The Hall–Kier alpha value is -6.66.